The Balaban J connectivity index is 1.26. The van der Waals surface area contributed by atoms with Gasteiger partial charge in [0.05, 0.1) is 33.6 Å². The molecule has 0 radical (unpaired) electrons. The van der Waals surface area contributed by atoms with E-state index in [1.165, 1.54) is 170 Å². The second-order valence-electron chi connectivity index (χ2n) is 17.4. The maximum Gasteiger partial charge on any atom is 0.266 e. The Morgan fingerprint density at radius 1 is 0.297 bits per heavy atom. The van der Waals surface area contributed by atoms with E-state index in [1.54, 1.807) is 0 Å². The van der Waals surface area contributed by atoms with Gasteiger partial charge < -0.3 is 39.4 Å². The zero-order valence-corrected chi connectivity index (χ0v) is 38.0. The first-order chi connectivity index (χ1) is 36.0. The van der Waals surface area contributed by atoms with Crippen LogP contribution in [-0.4, -0.2) is 54.0 Å². The first kappa shape index (κ1) is 43.3. The van der Waals surface area contributed by atoms with Crippen LogP contribution in [0.25, 0.3) is 43.1 Å². The van der Waals surface area contributed by atoms with Crippen LogP contribution in [0.4, 0.5) is 11.4 Å². The molecule has 2 aromatic heterocycles. The molecule has 4 N–H and O–H groups in total. The van der Waals surface area contributed by atoms with E-state index in [4.69, 9.17) is 18.9 Å². The summed E-state index contributed by atoms with van der Waals surface area (Å²) in [6, 6.07) is 35.8. The number of carbonyl (C=O) groups is 4. The summed E-state index contributed by atoms with van der Waals surface area (Å²) < 4.78 is 27.3. The molecule has 13 rings (SSSR count). The van der Waals surface area contributed by atoms with E-state index in [0.717, 1.165) is 9.80 Å². The highest BCUT2D eigenvalue weighted by Crippen LogP contribution is 2.58. The van der Waals surface area contributed by atoms with Crippen molar-refractivity contribution in [3.63, 3.8) is 0 Å². The zero-order valence-electron chi connectivity index (χ0n) is 38.0. The highest BCUT2D eigenvalue weighted by Gasteiger charge is 2.42. The summed E-state index contributed by atoms with van der Waals surface area (Å²) in [5.74, 6) is -1.99. The van der Waals surface area contributed by atoms with Crippen molar-refractivity contribution in [1.29, 1.82) is 0 Å². The summed E-state index contributed by atoms with van der Waals surface area (Å²) in [7, 11) is 0. The minimum Gasteiger partial charge on any atom is -0.508 e. The first-order valence-corrected chi connectivity index (χ1v) is 22.8. The van der Waals surface area contributed by atoms with E-state index in [2.05, 4.69) is 9.97 Å². The van der Waals surface area contributed by atoms with Gasteiger partial charge in [0.25, 0.3) is 23.6 Å². The number of imide groups is 2. The summed E-state index contributed by atoms with van der Waals surface area (Å²) in [5.41, 5.74) is 0.605. The minimum absolute atomic E-state index is 0.0378. The van der Waals surface area contributed by atoms with Gasteiger partial charge >= 0.3 is 0 Å². The molecule has 2 aliphatic rings. The number of hydrogen-bond donors (Lipinski definition) is 4. The summed E-state index contributed by atoms with van der Waals surface area (Å²) in [5, 5.41) is 43.3. The molecule has 0 spiro atoms. The molecule has 0 bridgehead atoms. The van der Waals surface area contributed by atoms with Crippen LogP contribution in [0, 0.1) is 0 Å². The molecule has 0 saturated heterocycles. The fraction of sp³-hybridized carbons (Fsp3) is 0. The Morgan fingerprint density at radius 3 is 0.757 bits per heavy atom. The number of nitrogens with zero attached hydrogens (tertiary/aromatic N) is 4. The van der Waals surface area contributed by atoms with Crippen LogP contribution < -0.4 is 28.7 Å². The molecule has 11 aromatic rings. The first-order valence-electron chi connectivity index (χ1n) is 22.8. The van der Waals surface area contributed by atoms with Crippen molar-refractivity contribution in [2.45, 2.75) is 0 Å². The van der Waals surface area contributed by atoms with Gasteiger partial charge in [-0.2, -0.15) is 0 Å². The fourth-order valence-electron chi connectivity index (χ4n) is 9.85. The molecular weight excluding hydrogens is 945 g/mol. The smallest absolute Gasteiger partial charge is 0.266 e. The molecule has 0 atom stereocenters. The number of pyridine rings is 2. The molecule has 0 aliphatic carbocycles. The topological polar surface area (TPSA) is 218 Å². The van der Waals surface area contributed by atoms with Gasteiger partial charge in [0.15, 0.2) is 0 Å². The van der Waals surface area contributed by atoms with Gasteiger partial charge in [0, 0.05) is 67.9 Å². The minimum atomic E-state index is -0.710. The number of benzene rings is 9. The molecule has 4 amide bonds. The molecular formula is C58H32N4O12. The van der Waals surface area contributed by atoms with E-state index in [-0.39, 0.29) is 146 Å². The second kappa shape index (κ2) is 16.4. The van der Waals surface area contributed by atoms with E-state index >= 15 is 19.2 Å². The predicted octanol–water partition coefficient (Wildman–Crippen LogP) is 12.1. The molecule has 0 fully saturated rings. The van der Waals surface area contributed by atoms with Crippen molar-refractivity contribution in [2.75, 3.05) is 9.80 Å². The fourth-order valence-corrected chi connectivity index (χ4v) is 9.85. The van der Waals surface area contributed by atoms with Gasteiger partial charge in [0.2, 0.25) is 0 Å². The number of rotatable bonds is 10. The summed E-state index contributed by atoms with van der Waals surface area (Å²) >= 11 is 0. The van der Waals surface area contributed by atoms with Crippen molar-refractivity contribution in [2.24, 2.45) is 0 Å². The summed E-state index contributed by atoms with van der Waals surface area (Å²) in [6.07, 6.45) is 5.82. The van der Waals surface area contributed by atoms with Crippen molar-refractivity contribution >= 4 is 78.1 Å². The average Bonchev–Trinajstić information content (AvgIpc) is 3.44. The number of hydrogen-bond acceptors (Lipinski definition) is 14. The lowest BCUT2D eigenvalue weighted by molar-refractivity contribution is 0.0877. The van der Waals surface area contributed by atoms with Crippen molar-refractivity contribution in [3.05, 3.63) is 193 Å². The Bertz CT molecular complexity index is 3680. The van der Waals surface area contributed by atoms with Crippen LogP contribution in [-0.2, 0) is 0 Å². The van der Waals surface area contributed by atoms with Crippen molar-refractivity contribution < 1.29 is 58.6 Å². The molecule has 9 aromatic carbocycles. The molecule has 2 aliphatic heterocycles. The Morgan fingerprint density at radius 2 is 0.527 bits per heavy atom. The maximum atomic E-state index is 15.2. The highest BCUT2D eigenvalue weighted by atomic mass is 16.5. The highest BCUT2D eigenvalue weighted by molar-refractivity contribution is 6.48. The van der Waals surface area contributed by atoms with Crippen LogP contribution in [0.3, 0.4) is 0 Å². The Hall–Kier alpha value is -10.7. The zero-order chi connectivity index (χ0) is 50.5. The van der Waals surface area contributed by atoms with Crippen LogP contribution in [0.1, 0.15) is 41.4 Å². The normalized spacial score (nSPS) is 13.1. The van der Waals surface area contributed by atoms with Crippen LogP contribution in [0.15, 0.2) is 170 Å². The predicted molar refractivity (Wildman–Crippen MR) is 271 cm³/mol. The standard InChI is InChI=1S/C58H32N4O12/c63-31-1-9-35(10-2-31)71-43-25-39-47-40(56(68)61(55(39)67)29-17-21-59-22-18-29)27-45(73-37-13-5-33(65)6-14-37)51-52-46(74-38-15-7-34(66)8-16-38)28-42-48-41(57(69)62(58(42)70)30-19-23-60-24-20-30)26-44(50(54(48)52)49(43)53(47)51)72-36-11-3-32(64)4-12-36/h1-28,63-66H. The van der Waals surface area contributed by atoms with E-state index in [9.17, 15) is 20.4 Å². The number of carbonyl (C=O) groups excluding carboxylic acids is 4. The molecule has 0 unspecified atom stereocenters. The third-order valence-corrected chi connectivity index (χ3v) is 13.0. The van der Waals surface area contributed by atoms with Gasteiger partial charge in [-0.15, -0.1) is 0 Å². The van der Waals surface area contributed by atoms with Gasteiger partial charge in [-0.25, -0.2) is 9.80 Å². The monoisotopic (exact) mass is 976 g/mol. The van der Waals surface area contributed by atoms with Gasteiger partial charge in [-0.3, -0.25) is 29.1 Å². The molecule has 4 heterocycles. The SMILES string of the molecule is O=C1c2cc(Oc3ccc(O)cc3)c3c4c(Oc5ccc(O)cc5)cc5c6c(cc(Oc7ccc(O)cc7)c(c7c(Oc8ccc(O)cc8)cc(c2c37)C(=O)N1c1ccncc1)c64)C(=O)N(c1ccncc1)C5=O. The number of fused-ring (bicyclic) bond motifs is 2. The number of phenolic OH excluding ortho intramolecular Hbond substituents is 4. The third-order valence-electron chi connectivity index (χ3n) is 13.0. The maximum absolute atomic E-state index is 15.2. The van der Waals surface area contributed by atoms with Gasteiger partial charge in [0.1, 0.15) is 69.0 Å². The largest absolute Gasteiger partial charge is 0.508 e. The summed E-state index contributed by atoms with van der Waals surface area (Å²) in [4.78, 5) is 71.2. The average molecular weight is 977 g/mol. The van der Waals surface area contributed by atoms with E-state index in [1.807, 2.05) is 0 Å². The lowest BCUT2D eigenvalue weighted by atomic mass is 9.80. The van der Waals surface area contributed by atoms with Crippen LogP contribution in [0.2, 0.25) is 0 Å². The molecule has 16 nitrogen and oxygen atoms in total. The van der Waals surface area contributed by atoms with Gasteiger partial charge in [-0.05, 0) is 146 Å². The van der Waals surface area contributed by atoms with Crippen LogP contribution >= 0.6 is 0 Å². The van der Waals surface area contributed by atoms with Crippen molar-refractivity contribution in [3.8, 4) is 69.0 Å². The number of anilines is 2. The quantitative estimate of drug-likeness (QED) is 0.0569. The second-order valence-corrected chi connectivity index (χ2v) is 17.4. The molecule has 16 heteroatoms. The van der Waals surface area contributed by atoms with E-state index < -0.39 is 23.6 Å². The molecule has 74 heavy (non-hydrogen) atoms. The summed E-state index contributed by atoms with van der Waals surface area (Å²) in [6.45, 7) is 0. The number of aromatic nitrogens is 2. The lowest BCUT2D eigenvalue weighted by Gasteiger charge is -2.32. The lowest BCUT2D eigenvalue weighted by Crippen LogP contribution is -2.40. The third kappa shape index (κ3) is 6.77. The number of phenols is 4. The Labute approximate surface area is 416 Å². The molecule has 356 valence electrons. The molecule has 0 saturated carbocycles. The van der Waals surface area contributed by atoms with Gasteiger partial charge in [-0.1, -0.05) is 0 Å². The number of aromatic hydroxyl groups is 4. The van der Waals surface area contributed by atoms with Crippen LogP contribution in [0.5, 0.6) is 69.0 Å². The van der Waals surface area contributed by atoms with Crippen molar-refractivity contribution in [1.82, 2.24) is 9.97 Å². The number of ether oxygens (including phenoxy) is 4. The van der Waals surface area contributed by atoms with E-state index in [0.29, 0.717) is 0 Å². The number of amides is 4. The Kier molecular flexibility index (Phi) is 9.61.